The molecule has 1 aliphatic heterocycles. The van der Waals surface area contributed by atoms with E-state index in [1.54, 1.807) is 0 Å². The summed E-state index contributed by atoms with van der Waals surface area (Å²) in [4.78, 5) is 2.62. The lowest BCUT2D eigenvalue weighted by Crippen LogP contribution is -2.40. The van der Waals surface area contributed by atoms with Crippen LogP contribution in [0.2, 0.25) is 0 Å². The van der Waals surface area contributed by atoms with Gasteiger partial charge in [0.05, 0.1) is 0 Å². The van der Waals surface area contributed by atoms with Gasteiger partial charge in [-0.1, -0.05) is 27.7 Å². The third kappa shape index (κ3) is 4.43. The van der Waals surface area contributed by atoms with Gasteiger partial charge < -0.3 is 10.2 Å². The minimum Gasteiger partial charge on any atom is -0.313 e. The molecule has 2 nitrogen and oxygen atoms in total. The fraction of sp³-hybridized carbons (Fsp3) is 1.00. The van der Waals surface area contributed by atoms with Crippen LogP contribution in [0.4, 0.5) is 0 Å². The van der Waals surface area contributed by atoms with E-state index in [2.05, 4.69) is 37.9 Å². The van der Waals surface area contributed by atoms with E-state index in [4.69, 9.17) is 0 Å². The zero-order chi connectivity index (χ0) is 10.6. The summed E-state index contributed by atoms with van der Waals surface area (Å²) in [5.41, 5.74) is 0.433. The van der Waals surface area contributed by atoms with E-state index < -0.39 is 0 Å². The Morgan fingerprint density at radius 3 is 2.64 bits per heavy atom. The SMILES string of the molecule is CCC1CN(CC(C)(C)C)CCCN1. The van der Waals surface area contributed by atoms with Crippen molar-refractivity contribution in [2.45, 2.75) is 46.6 Å². The minimum absolute atomic E-state index is 0.433. The van der Waals surface area contributed by atoms with Crippen LogP contribution in [0.5, 0.6) is 0 Å². The summed E-state index contributed by atoms with van der Waals surface area (Å²) < 4.78 is 0. The quantitative estimate of drug-likeness (QED) is 0.731. The Labute approximate surface area is 89.1 Å². The van der Waals surface area contributed by atoms with Crippen molar-refractivity contribution in [3.05, 3.63) is 0 Å². The summed E-state index contributed by atoms with van der Waals surface area (Å²) in [6.45, 7) is 14.2. The van der Waals surface area contributed by atoms with Gasteiger partial charge in [0.25, 0.3) is 0 Å². The van der Waals surface area contributed by atoms with Gasteiger partial charge in [0.2, 0.25) is 0 Å². The van der Waals surface area contributed by atoms with Crippen LogP contribution in [0.25, 0.3) is 0 Å². The van der Waals surface area contributed by atoms with Crippen molar-refractivity contribution in [2.24, 2.45) is 5.41 Å². The fourth-order valence-electron chi connectivity index (χ4n) is 2.16. The lowest BCUT2D eigenvalue weighted by atomic mass is 9.96. The zero-order valence-electron chi connectivity index (χ0n) is 10.3. The molecule has 1 atom stereocenters. The molecule has 0 bridgehead atoms. The maximum Gasteiger partial charge on any atom is 0.0192 e. The first kappa shape index (κ1) is 12.0. The van der Waals surface area contributed by atoms with E-state index in [1.165, 1.54) is 39.0 Å². The van der Waals surface area contributed by atoms with Crippen molar-refractivity contribution >= 4 is 0 Å². The van der Waals surface area contributed by atoms with Gasteiger partial charge in [-0.15, -0.1) is 0 Å². The molecule has 1 N–H and O–H groups in total. The minimum atomic E-state index is 0.433. The van der Waals surface area contributed by atoms with Crippen molar-refractivity contribution in [1.82, 2.24) is 10.2 Å². The number of rotatable bonds is 2. The predicted octanol–water partition coefficient (Wildman–Crippen LogP) is 2.11. The zero-order valence-corrected chi connectivity index (χ0v) is 10.3. The highest BCUT2D eigenvalue weighted by atomic mass is 15.2. The van der Waals surface area contributed by atoms with Crippen LogP contribution in [-0.4, -0.2) is 37.1 Å². The van der Waals surface area contributed by atoms with Gasteiger partial charge in [-0.05, 0) is 31.3 Å². The van der Waals surface area contributed by atoms with Gasteiger partial charge in [0, 0.05) is 19.1 Å². The van der Waals surface area contributed by atoms with E-state index in [-0.39, 0.29) is 0 Å². The van der Waals surface area contributed by atoms with Crippen molar-refractivity contribution in [1.29, 1.82) is 0 Å². The van der Waals surface area contributed by atoms with Gasteiger partial charge in [0.1, 0.15) is 0 Å². The smallest absolute Gasteiger partial charge is 0.0192 e. The van der Waals surface area contributed by atoms with Crippen LogP contribution in [0.15, 0.2) is 0 Å². The molecule has 1 aliphatic rings. The van der Waals surface area contributed by atoms with Crippen LogP contribution in [-0.2, 0) is 0 Å². The first-order valence-corrected chi connectivity index (χ1v) is 5.97. The van der Waals surface area contributed by atoms with Gasteiger partial charge in [-0.3, -0.25) is 0 Å². The number of nitrogens with zero attached hydrogens (tertiary/aromatic N) is 1. The molecule has 14 heavy (non-hydrogen) atoms. The molecule has 84 valence electrons. The van der Waals surface area contributed by atoms with E-state index in [9.17, 15) is 0 Å². The molecule has 0 aromatic rings. The number of hydrogen-bond acceptors (Lipinski definition) is 2. The highest BCUT2D eigenvalue weighted by Gasteiger charge is 2.20. The molecule has 0 aromatic heterocycles. The van der Waals surface area contributed by atoms with Gasteiger partial charge in [0.15, 0.2) is 0 Å². The second kappa shape index (κ2) is 5.13. The van der Waals surface area contributed by atoms with Crippen LogP contribution >= 0.6 is 0 Å². The van der Waals surface area contributed by atoms with E-state index in [0.29, 0.717) is 11.5 Å². The lowest BCUT2D eigenvalue weighted by Gasteiger charge is -2.30. The third-order valence-electron chi connectivity index (χ3n) is 2.75. The topological polar surface area (TPSA) is 15.3 Å². The number of hydrogen-bond donors (Lipinski definition) is 1. The molecule has 0 aliphatic carbocycles. The molecule has 0 amide bonds. The molecular formula is C12H26N2. The Kier molecular flexibility index (Phi) is 4.39. The molecule has 1 rings (SSSR count). The van der Waals surface area contributed by atoms with Gasteiger partial charge in [-0.25, -0.2) is 0 Å². The summed E-state index contributed by atoms with van der Waals surface area (Å²) in [5.74, 6) is 0. The van der Waals surface area contributed by atoms with E-state index in [0.717, 1.165) is 0 Å². The van der Waals surface area contributed by atoms with Gasteiger partial charge in [-0.2, -0.15) is 0 Å². The van der Waals surface area contributed by atoms with Crippen molar-refractivity contribution in [3.8, 4) is 0 Å². The summed E-state index contributed by atoms with van der Waals surface area (Å²) in [7, 11) is 0. The molecule has 1 unspecified atom stereocenters. The Morgan fingerprint density at radius 2 is 2.07 bits per heavy atom. The molecule has 0 spiro atoms. The van der Waals surface area contributed by atoms with Crippen LogP contribution in [0, 0.1) is 5.41 Å². The summed E-state index contributed by atoms with van der Waals surface area (Å²) in [5, 5.41) is 3.61. The Hall–Kier alpha value is -0.0800. The summed E-state index contributed by atoms with van der Waals surface area (Å²) >= 11 is 0. The number of nitrogens with one attached hydrogen (secondary N) is 1. The monoisotopic (exact) mass is 198 g/mol. The summed E-state index contributed by atoms with van der Waals surface area (Å²) in [6, 6.07) is 0.708. The highest BCUT2D eigenvalue weighted by molar-refractivity contribution is 4.78. The second-order valence-corrected chi connectivity index (χ2v) is 5.71. The maximum atomic E-state index is 3.61. The van der Waals surface area contributed by atoms with Crippen molar-refractivity contribution < 1.29 is 0 Å². The van der Waals surface area contributed by atoms with Crippen molar-refractivity contribution in [2.75, 3.05) is 26.2 Å². The fourth-order valence-corrected chi connectivity index (χ4v) is 2.16. The van der Waals surface area contributed by atoms with Crippen LogP contribution in [0.1, 0.15) is 40.5 Å². The molecule has 1 heterocycles. The maximum absolute atomic E-state index is 3.61. The average Bonchev–Trinajstić information content (AvgIpc) is 2.26. The molecule has 0 saturated carbocycles. The average molecular weight is 198 g/mol. The first-order valence-electron chi connectivity index (χ1n) is 5.97. The van der Waals surface area contributed by atoms with Crippen LogP contribution in [0.3, 0.4) is 0 Å². The predicted molar refractivity (Wildman–Crippen MR) is 62.6 cm³/mol. The van der Waals surface area contributed by atoms with Crippen molar-refractivity contribution in [3.63, 3.8) is 0 Å². The standard InChI is InChI=1S/C12H26N2/c1-5-11-9-14(8-6-7-13-11)10-12(2,3)4/h11,13H,5-10H2,1-4H3. The largest absolute Gasteiger partial charge is 0.313 e. The Bertz CT molecular complexity index is 160. The van der Waals surface area contributed by atoms with Crippen LogP contribution < -0.4 is 5.32 Å². The lowest BCUT2D eigenvalue weighted by molar-refractivity contribution is 0.187. The second-order valence-electron chi connectivity index (χ2n) is 5.71. The Morgan fingerprint density at radius 1 is 1.36 bits per heavy atom. The highest BCUT2D eigenvalue weighted by Crippen LogP contribution is 2.16. The summed E-state index contributed by atoms with van der Waals surface area (Å²) in [6.07, 6.45) is 2.55. The molecular weight excluding hydrogens is 172 g/mol. The van der Waals surface area contributed by atoms with E-state index in [1.807, 2.05) is 0 Å². The molecule has 0 aromatic carbocycles. The molecule has 0 radical (unpaired) electrons. The molecule has 1 saturated heterocycles. The normalized spacial score (nSPS) is 26.1. The third-order valence-corrected chi connectivity index (χ3v) is 2.75. The Balaban J connectivity index is 2.43. The van der Waals surface area contributed by atoms with E-state index >= 15 is 0 Å². The first-order chi connectivity index (χ1) is 6.51. The molecule has 1 fully saturated rings. The molecule has 2 heteroatoms. The van der Waals surface area contributed by atoms with Gasteiger partial charge >= 0.3 is 0 Å².